The van der Waals surface area contributed by atoms with Gasteiger partial charge in [0.05, 0.1) is 17.5 Å². The van der Waals surface area contributed by atoms with Crippen LogP contribution in [0.3, 0.4) is 0 Å². The number of carbonyl (C=O) groups is 3. The van der Waals surface area contributed by atoms with Gasteiger partial charge in [-0.2, -0.15) is 0 Å². The maximum Gasteiger partial charge on any atom is 0.266 e. The summed E-state index contributed by atoms with van der Waals surface area (Å²) in [5.41, 5.74) is 0.869. The quantitative estimate of drug-likeness (QED) is 0.483. The molecule has 9 heteroatoms. The molecule has 2 aromatic carbocycles. The van der Waals surface area contributed by atoms with Gasteiger partial charge in [-0.3, -0.25) is 14.5 Å². The van der Waals surface area contributed by atoms with Crippen molar-refractivity contribution in [2.45, 2.75) is 13.3 Å². The molecule has 0 aromatic heterocycles. The average molecular weight is 456 g/mol. The third kappa shape index (κ3) is 5.71. The fourth-order valence-electron chi connectivity index (χ4n) is 2.87. The smallest absolute Gasteiger partial charge is 0.266 e. The van der Waals surface area contributed by atoms with E-state index in [1.165, 1.54) is 34.9 Å². The molecule has 160 valence electrons. The van der Waals surface area contributed by atoms with Crippen molar-refractivity contribution < 1.29 is 24.2 Å². The zero-order chi connectivity index (χ0) is 22.4. The van der Waals surface area contributed by atoms with E-state index in [2.05, 4.69) is 5.32 Å². The van der Waals surface area contributed by atoms with Crippen molar-refractivity contribution in [3.8, 4) is 5.75 Å². The van der Waals surface area contributed by atoms with Crippen LogP contribution in [-0.4, -0.2) is 40.2 Å². The highest BCUT2D eigenvalue weighted by molar-refractivity contribution is 8.26. The van der Waals surface area contributed by atoms with E-state index in [0.717, 1.165) is 11.3 Å². The number of carbonyl (C=O) groups excluding carboxylic acids is 3. The second-order valence-electron chi connectivity index (χ2n) is 6.47. The molecule has 31 heavy (non-hydrogen) atoms. The second kappa shape index (κ2) is 10.2. The van der Waals surface area contributed by atoms with Gasteiger partial charge >= 0.3 is 0 Å². The van der Waals surface area contributed by atoms with Crippen LogP contribution in [0, 0.1) is 0 Å². The SMILES string of the molecule is CCOc1ccc(C=C2SC(=S)N(CCC(=O)Nc3ccccc3C(=O)[O-])C2=O)cc1. The first-order chi connectivity index (χ1) is 14.9. The number of nitrogens with zero attached hydrogens (tertiary/aromatic N) is 1. The largest absolute Gasteiger partial charge is 0.545 e. The number of amides is 2. The Kier molecular flexibility index (Phi) is 7.43. The Morgan fingerprint density at radius 2 is 1.90 bits per heavy atom. The molecule has 1 N–H and O–H groups in total. The number of aromatic carboxylic acids is 1. The predicted octanol–water partition coefficient (Wildman–Crippen LogP) is 2.68. The first-order valence-corrected chi connectivity index (χ1v) is 10.7. The average Bonchev–Trinajstić information content (AvgIpc) is 3.01. The molecule has 1 aliphatic heterocycles. The molecule has 0 radical (unpaired) electrons. The molecule has 0 unspecified atom stereocenters. The molecule has 0 aliphatic carbocycles. The van der Waals surface area contributed by atoms with Crippen LogP contribution in [0.25, 0.3) is 6.08 Å². The van der Waals surface area contributed by atoms with Gasteiger partial charge in [0.25, 0.3) is 5.91 Å². The molecule has 1 fully saturated rings. The zero-order valence-corrected chi connectivity index (χ0v) is 18.3. The Morgan fingerprint density at radius 3 is 2.58 bits per heavy atom. The standard InChI is InChI=1S/C22H20N2O5S2/c1-2-29-15-9-7-14(8-10-15)13-18-20(26)24(22(30)31-18)12-11-19(25)23-17-6-4-3-5-16(17)21(27)28/h3-10,13H,2,11-12H2,1H3,(H,23,25)(H,27,28)/p-1. The lowest BCUT2D eigenvalue weighted by atomic mass is 10.1. The van der Waals surface area contributed by atoms with Crippen molar-refractivity contribution in [1.82, 2.24) is 4.90 Å². The molecule has 0 spiro atoms. The number of carboxylic acids is 1. The van der Waals surface area contributed by atoms with E-state index in [-0.39, 0.29) is 30.1 Å². The molecule has 0 saturated carbocycles. The van der Waals surface area contributed by atoms with Crippen molar-refractivity contribution >= 4 is 57.8 Å². The molecule has 3 rings (SSSR count). The molecular formula is C22H19N2O5S2-. The van der Waals surface area contributed by atoms with Gasteiger partial charge in [-0.25, -0.2) is 0 Å². The topological polar surface area (TPSA) is 98.8 Å². The van der Waals surface area contributed by atoms with E-state index in [1.54, 1.807) is 12.1 Å². The van der Waals surface area contributed by atoms with E-state index in [0.29, 0.717) is 15.8 Å². The molecular weight excluding hydrogens is 436 g/mol. The molecule has 1 saturated heterocycles. The van der Waals surface area contributed by atoms with Gasteiger partial charge < -0.3 is 20.0 Å². The maximum atomic E-state index is 12.7. The minimum Gasteiger partial charge on any atom is -0.545 e. The normalized spacial score (nSPS) is 14.7. The van der Waals surface area contributed by atoms with Crippen LogP contribution in [0.15, 0.2) is 53.4 Å². The summed E-state index contributed by atoms with van der Waals surface area (Å²) >= 11 is 6.47. The fourth-order valence-corrected chi connectivity index (χ4v) is 4.18. The van der Waals surface area contributed by atoms with Gasteiger partial charge in [0.2, 0.25) is 5.91 Å². The minimum atomic E-state index is -1.38. The van der Waals surface area contributed by atoms with Gasteiger partial charge in [0.1, 0.15) is 10.1 Å². The lowest BCUT2D eigenvalue weighted by Gasteiger charge is -2.15. The number of thioether (sulfide) groups is 1. The van der Waals surface area contributed by atoms with E-state index in [9.17, 15) is 19.5 Å². The number of benzene rings is 2. The number of thiocarbonyl (C=S) groups is 1. The highest BCUT2D eigenvalue weighted by Crippen LogP contribution is 2.33. The summed E-state index contributed by atoms with van der Waals surface area (Å²) < 4.78 is 5.77. The molecule has 7 nitrogen and oxygen atoms in total. The predicted molar refractivity (Wildman–Crippen MR) is 122 cm³/mol. The highest BCUT2D eigenvalue weighted by atomic mass is 32.2. The summed E-state index contributed by atoms with van der Waals surface area (Å²) in [4.78, 5) is 38.0. The Labute approximate surface area is 189 Å². The summed E-state index contributed by atoms with van der Waals surface area (Å²) in [6.07, 6.45) is 1.70. The van der Waals surface area contributed by atoms with Crippen molar-refractivity contribution in [3.63, 3.8) is 0 Å². The number of ether oxygens (including phenoxy) is 1. The third-order valence-electron chi connectivity index (χ3n) is 4.35. The van der Waals surface area contributed by atoms with Gasteiger partial charge in [-0.1, -0.05) is 54.3 Å². The number of hydrogen-bond acceptors (Lipinski definition) is 7. The lowest BCUT2D eigenvalue weighted by Crippen LogP contribution is -2.32. The summed E-state index contributed by atoms with van der Waals surface area (Å²) in [6.45, 7) is 2.57. The third-order valence-corrected chi connectivity index (χ3v) is 5.72. The van der Waals surface area contributed by atoms with Crippen LogP contribution in [0.4, 0.5) is 5.69 Å². The first kappa shape index (κ1) is 22.5. The monoisotopic (exact) mass is 455 g/mol. The number of hydrogen-bond donors (Lipinski definition) is 1. The Morgan fingerprint density at radius 1 is 1.19 bits per heavy atom. The van der Waals surface area contributed by atoms with Crippen molar-refractivity contribution in [1.29, 1.82) is 0 Å². The van der Waals surface area contributed by atoms with Gasteiger partial charge in [-0.05, 0) is 36.8 Å². The highest BCUT2D eigenvalue weighted by Gasteiger charge is 2.32. The van der Waals surface area contributed by atoms with E-state index >= 15 is 0 Å². The van der Waals surface area contributed by atoms with Gasteiger partial charge in [-0.15, -0.1) is 0 Å². The lowest BCUT2D eigenvalue weighted by molar-refractivity contribution is -0.254. The van der Waals surface area contributed by atoms with E-state index in [1.807, 2.05) is 31.2 Å². The molecule has 1 aliphatic rings. The number of anilines is 1. The number of carboxylic acid groups (broad SMARTS) is 1. The Hall–Kier alpha value is -3.17. The zero-order valence-electron chi connectivity index (χ0n) is 16.6. The van der Waals surface area contributed by atoms with Crippen LogP contribution in [0.1, 0.15) is 29.3 Å². The van der Waals surface area contributed by atoms with Crippen LogP contribution >= 0.6 is 24.0 Å². The van der Waals surface area contributed by atoms with Crippen molar-refractivity contribution in [3.05, 3.63) is 64.6 Å². The summed E-state index contributed by atoms with van der Waals surface area (Å²) in [5.74, 6) is -1.34. The Bertz CT molecular complexity index is 1050. The fraction of sp³-hybridized carbons (Fsp3) is 0.182. The van der Waals surface area contributed by atoms with Gasteiger partial charge in [0, 0.05) is 24.2 Å². The molecule has 1 heterocycles. The number of nitrogens with one attached hydrogen (secondary N) is 1. The van der Waals surface area contributed by atoms with Gasteiger partial charge in [0.15, 0.2) is 0 Å². The number of rotatable bonds is 8. The molecule has 2 amide bonds. The van der Waals surface area contributed by atoms with Crippen LogP contribution in [-0.2, 0) is 9.59 Å². The Balaban J connectivity index is 1.61. The first-order valence-electron chi connectivity index (χ1n) is 9.47. The number of para-hydroxylation sites is 1. The van der Waals surface area contributed by atoms with E-state index in [4.69, 9.17) is 17.0 Å². The minimum absolute atomic E-state index is 0.0375. The van der Waals surface area contributed by atoms with E-state index < -0.39 is 11.9 Å². The van der Waals surface area contributed by atoms with Crippen LogP contribution in [0.5, 0.6) is 5.75 Å². The van der Waals surface area contributed by atoms with Crippen LogP contribution < -0.4 is 15.2 Å². The second-order valence-corrected chi connectivity index (χ2v) is 8.14. The molecule has 0 atom stereocenters. The maximum absolute atomic E-state index is 12.7. The molecule has 0 bridgehead atoms. The van der Waals surface area contributed by atoms with Crippen molar-refractivity contribution in [2.24, 2.45) is 0 Å². The molecule has 2 aromatic rings. The summed E-state index contributed by atoms with van der Waals surface area (Å²) in [6, 6.07) is 13.3. The summed E-state index contributed by atoms with van der Waals surface area (Å²) in [7, 11) is 0. The van der Waals surface area contributed by atoms with Crippen molar-refractivity contribution in [2.75, 3.05) is 18.5 Å². The van der Waals surface area contributed by atoms with Crippen LogP contribution in [0.2, 0.25) is 0 Å². The summed E-state index contributed by atoms with van der Waals surface area (Å²) in [5, 5.41) is 13.7.